The largest absolute Gasteiger partial charge is 0.468 e. The fourth-order valence-electron chi connectivity index (χ4n) is 4.83. The maximum atomic E-state index is 13.1. The van der Waals surface area contributed by atoms with Crippen LogP contribution in [0.4, 0.5) is 0 Å². The number of aryl methyl sites for hydroxylation is 1. The highest BCUT2D eigenvalue weighted by Gasteiger charge is 2.36. The smallest absolute Gasteiger partial charge is 0.327 e. The molecule has 2 aliphatic heterocycles. The first kappa shape index (κ1) is 20.6. The van der Waals surface area contributed by atoms with Crippen LogP contribution in [-0.4, -0.2) is 55.0 Å². The molecular formula is C25H30N2O3. The first-order valence-electron chi connectivity index (χ1n) is 10.8. The summed E-state index contributed by atoms with van der Waals surface area (Å²) in [6, 6.07) is 16.2. The van der Waals surface area contributed by atoms with Crippen LogP contribution in [-0.2, 0) is 20.7 Å². The summed E-state index contributed by atoms with van der Waals surface area (Å²) in [6.45, 7) is 4.53. The Balaban J connectivity index is 1.42. The van der Waals surface area contributed by atoms with Crippen LogP contribution in [0, 0.1) is 6.92 Å². The van der Waals surface area contributed by atoms with Gasteiger partial charge in [-0.1, -0.05) is 54.1 Å². The van der Waals surface area contributed by atoms with Crippen molar-refractivity contribution in [1.29, 1.82) is 0 Å². The fourth-order valence-corrected chi connectivity index (χ4v) is 4.83. The van der Waals surface area contributed by atoms with Gasteiger partial charge in [0.2, 0.25) is 5.91 Å². The molecule has 0 spiro atoms. The molecule has 5 nitrogen and oxygen atoms in total. The predicted octanol–water partition coefficient (Wildman–Crippen LogP) is 3.47. The minimum Gasteiger partial charge on any atom is -0.468 e. The van der Waals surface area contributed by atoms with Crippen molar-refractivity contribution in [3.8, 4) is 0 Å². The number of hydrogen-bond donors (Lipinski definition) is 0. The fraction of sp³-hybridized carbons (Fsp3) is 0.440. The van der Waals surface area contributed by atoms with E-state index < -0.39 is 6.04 Å². The molecule has 1 atom stereocenters. The van der Waals surface area contributed by atoms with Crippen molar-refractivity contribution < 1.29 is 14.3 Å². The topological polar surface area (TPSA) is 49.9 Å². The van der Waals surface area contributed by atoms with Crippen molar-refractivity contribution in [3.63, 3.8) is 0 Å². The van der Waals surface area contributed by atoms with Gasteiger partial charge in [-0.25, -0.2) is 4.79 Å². The number of likely N-dealkylation sites (tertiary alicyclic amines) is 1. The molecule has 0 aromatic heterocycles. The van der Waals surface area contributed by atoms with E-state index in [1.807, 2.05) is 28.0 Å². The van der Waals surface area contributed by atoms with Gasteiger partial charge >= 0.3 is 5.97 Å². The average Bonchev–Trinajstić information content (AvgIpc) is 2.79. The van der Waals surface area contributed by atoms with Gasteiger partial charge in [0.05, 0.1) is 13.7 Å². The van der Waals surface area contributed by atoms with Gasteiger partial charge in [-0.15, -0.1) is 0 Å². The Morgan fingerprint density at radius 1 is 1.03 bits per heavy atom. The summed E-state index contributed by atoms with van der Waals surface area (Å²) in [5.74, 6) is 0.324. The Labute approximate surface area is 178 Å². The maximum Gasteiger partial charge on any atom is 0.327 e. The number of ether oxygens (including phenoxy) is 1. The molecule has 0 saturated carbocycles. The third-order valence-corrected chi connectivity index (χ3v) is 6.51. The third-order valence-electron chi connectivity index (χ3n) is 6.51. The van der Waals surface area contributed by atoms with Crippen LogP contribution in [0.2, 0.25) is 0 Å². The van der Waals surface area contributed by atoms with E-state index in [0.29, 0.717) is 12.5 Å². The quantitative estimate of drug-likeness (QED) is 0.730. The second kappa shape index (κ2) is 9.00. The SMILES string of the molecule is COC(=O)C1c2ccc(C)cc2CCN1CC(=O)N1CCC(c2ccccc2)CC1. The van der Waals surface area contributed by atoms with E-state index in [1.165, 1.54) is 23.8 Å². The Bertz CT molecular complexity index is 904. The van der Waals surface area contributed by atoms with E-state index in [-0.39, 0.29) is 18.4 Å². The number of esters is 1. The van der Waals surface area contributed by atoms with Crippen LogP contribution in [0.15, 0.2) is 48.5 Å². The Hall–Kier alpha value is -2.66. The summed E-state index contributed by atoms with van der Waals surface area (Å²) in [5, 5.41) is 0. The lowest BCUT2D eigenvalue weighted by molar-refractivity contribution is -0.149. The van der Waals surface area contributed by atoms with Gasteiger partial charge in [-0.3, -0.25) is 9.69 Å². The van der Waals surface area contributed by atoms with Crippen molar-refractivity contribution in [3.05, 3.63) is 70.8 Å². The monoisotopic (exact) mass is 406 g/mol. The zero-order valence-electron chi connectivity index (χ0n) is 17.8. The van der Waals surface area contributed by atoms with Gasteiger partial charge in [-0.05, 0) is 48.8 Å². The summed E-state index contributed by atoms with van der Waals surface area (Å²) in [6.07, 6.45) is 2.81. The highest BCUT2D eigenvalue weighted by Crippen LogP contribution is 2.32. The van der Waals surface area contributed by atoms with Gasteiger partial charge in [0.25, 0.3) is 0 Å². The Morgan fingerprint density at radius 2 is 1.77 bits per heavy atom. The van der Waals surface area contributed by atoms with Crippen molar-refractivity contribution in [1.82, 2.24) is 9.80 Å². The van der Waals surface area contributed by atoms with E-state index in [2.05, 4.69) is 37.3 Å². The molecule has 2 aromatic carbocycles. The molecule has 2 aromatic rings. The molecule has 5 heteroatoms. The highest BCUT2D eigenvalue weighted by atomic mass is 16.5. The number of fused-ring (bicyclic) bond motifs is 1. The number of carbonyl (C=O) groups excluding carboxylic acids is 2. The number of piperidine rings is 1. The normalized spacial score (nSPS) is 19.9. The summed E-state index contributed by atoms with van der Waals surface area (Å²) in [4.78, 5) is 29.6. The van der Waals surface area contributed by atoms with Crippen molar-refractivity contribution in [2.24, 2.45) is 0 Å². The van der Waals surface area contributed by atoms with Gasteiger partial charge in [0.15, 0.2) is 0 Å². The average molecular weight is 407 g/mol. The molecule has 1 amide bonds. The number of benzene rings is 2. The summed E-state index contributed by atoms with van der Waals surface area (Å²) < 4.78 is 5.09. The first-order chi connectivity index (χ1) is 14.6. The predicted molar refractivity (Wildman–Crippen MR) is 116 cm³/mol. The molecule has 0 N–H and O–H groups in total. The number of amides is 1. The lowest BCUT2D eigenvalue weighted by Gasteiger charge is -2.38. The standard InChI is InChI=1S/C25H30N2O3/c1-18-8-9-22-21(16-18)12-15-27(24(22)25(29)30-2)17-23(28)26-13-10-20(11-14-26)19-6-4-3-5-7-19/h3-9,16,20,24H,10-15,17H2,1-2H3. The minimum absolute atomic E-state index is 0.103. The second-order valence-corrected chi connectivity index (χ2v) is 8.41. The first-order valence-corrected chi connectivity index (χ1v) is 10.8. The molecule has 158 valence electrons. The summed E-state index contributed by atoms with van der Waals surface area (Å²) in [5.41, 5.74) is 4.69. The molecule has 30 heavy (non-hydrogen) atoms. The number of nitrogens with zero attached hydrogens (tertiary/aromatic N) is 2. The van der Waals surface area contributed by atoms with Crippen LogP contribution in [0.5, 0.6) is 0 Å². The number of carbonyl (C=O) groups is 2. The van der Waals surface area contributed by atoms with Crippen molar-refractivity contribution >= 4 is 11.9 Å². The number of rotatable bonds is 4. The highest BCUT2D eigenvalue weighted by molar-refractivity contribution is 5.82. The number of hydrogen-bond acceptors (Lipinski definition) is 4. The van der Waals surface area contributed by atoms with Crippen LogP contribution in [0.3, 0.4) is 0 Å². The van der Waals surface area contributed by atoms with E-state index in [1.54, 1.807) is 0 Å². The molecule has 2 aliphatic rings. The van der Waals surface area contributed by atoms with Gasteiger partial charge in [0.1, 0.15) is 6.04 Å². The molecule has 4 rings (SSSR count). The number of methoxy groups -OCH3 is 1. The molecular weight excluding hydrogens is 376 g/mol. The minimum atomic E-state index is -0.509. The molecule has 1 fully saturated rings. The van der Waals surface area contributed by atoms with Crippen molar-refractivity contribution in [2.45, 2.75) is 38.1 Å². The van der Waals surface area contributed by atoms with Crippen LogP contribution < -0.4 is 0 Å². The van der Waals surface area contributed by atoms with Gasteiger partial charge < -0.3 is 9.64 Å². The van der Waals surface area contributed by atoms with Crippen LogP contribution in [0.25, 0.3) is 0 Å². The summed E-state index contributed by atoms with van der Waals surface area (Å²) in [7, 11) is 1.42. The lowest BCUT2D eigenvalue weighted by Crippen LogP contribution is -2.48. The summed E-state index contributed by atoms with van der Waals surface area (Å²) >= 11 is 0. The van der Waals surface area contributed by atoms with Gasteiger partial charge in [0, 0.05) is 19.6 Å². The Morgan fingerprint density at radius 3 is 2.47 bits per heavy atom. The molecule has 2 heterocycles. The van der Waals surface area contributed by atoms with Crippen molar-refractivity contribution in [2.75, 3.05) is 33.3 Å². The second-order valence-electron chi connectivity index (χ2n) is 8.41. The molecule has 1 unspecified atom stereocenters. The molecule has 0 aliphatic carbocycles. The van der Waals surface area contributed by atoms with E-state index in [0.717, 1.165) is 37.9 Å². The van der Waals surface area contributed by atoms with E-state index in [9.17, 15) is 9.59 Å². The van der Waals surface area contributed by atoms with E-state index in [4.69, 9.17) is 4.74 Å². The molecule has 0 radical (unpaired) electrons. The van der Waals surface area contributed by atoms with Crippen LogP contribution >= 0.6 is 0 Å². The lowest BCUT2D eigenvalue weighted by atomic mass is 9.89. The Kier molecular flexibility index (Phi) is 6.18. The molecule has 1 saturated heterocycles. The third kappa shape index (κ3) is 4.26. The zero-order chi connectivity index (χ0) is 21.1. The van der Waals surface area contributed by atoms with E-state index >= 15 is 0 Å². The zero-order valence-corrected chi connectivity index (χ0v) is 17.8. The van der Waals surface area contributed by atoms with Gasteiger partial charge in [-0.2, -0.15) is 0 Å². The van der Waals surface area contributed by atoms with Crippen LogP contribution in [0.1, 0.15) is 47.1 Å². The maximum absolute atomic E-state index is 13.1. The molecule has 0 bridgehead atoms.